The molecule has 0 saturated heterocycles. The molecule has 0 aliphatic heterocycles. The van der Waals surface area contributed by atoms with Crippen LogP contribution in [0.15, 0.2) is 30.3 Å². The van der Waals surface area contributed by atoms with E-state index in [9.17, 15) is 4.79 Å². The standard InChI is InChI=1S/C16H20N2O2/c1-3-12(9-16(19)20)10-17-15-8-11(2)18-14-7-5-4-6-13(14)15/h4-8,12H,3,9-10H2,1-2H3,(H,17,18)(H,19,20). The highest BCUT2D eigenvalue weighted by atomic mass is 16.4. The molecule has 0 amide bonds. The van der Waals surface area contributed by atoms with Gasteiger partial charge in [-0.3, -0.25) is 9.78 Å². The minimum absolute atomic E-state index is 0.139. The van der Waals surface area contributed by atoms with Crippen molar-refractivity contribution < 1.29 is 9.90 Å². The number of nitrogens with zero attached hydrogens (tertiary/aromatic N) is 1. The van der Waals surface area contributed by atoms with Crippen molar-refractivity contribution in [3.05, 3.63) is 36.0 Å². The van der Waals surface area contributed by atoms with E-state index in [2.05, 4.69) is 10.3 Å². The molecule has 0 radical (unpaired) electrons. The molecule has 1 aromatic carbocycles. The summed E-state index contributed by atoms with van der Waals surface area (Å²) in [5.41, 5.74) is 2.94. The van der Waals surface area contributed by atoms with Gasteiger partial charge in [-0.2, -0.15) is 0 Å². The van der Waals surface area contributed by atoms with Crippen LogP contribution in [0.25, 0.3) is 10.9 Å². The van der Waals surface area contributed by atoms with E-state index in [0.717, 1.165) is 28.7 Å². The highest BCUT2D eigenvalue weighted by Crippen LogP contribution is 2.23. The molecule has 4 heteroatoms. The largest absolute Gasteiger partial charge is 0.481 e. The van der Waals surface area contributed by atoms with Crippen molar-refractivity contribution in [2.75, 3.05) is 11.9 Å². The summed E-state index contributed by atoms with van der Waals surface area (Å²) in [5.74, 6) is -0.603. The Morgan fingerprint density at radius 3 is 2.85 bits per heavy atom. The van der Waals surface area contributed by atoms with Crippen LogP contribution in [0.2, 0.25) is 0 Å². The molecular formula is C16H20N2O2. The summed E-state index contributed by atoms with van der Waals surface area (Å²) in [6.45, 7) is 4.65. The quantitative estimate of drug-likeness (QED) is 0.845. The van der Waals surface area contributed by atoms with Gasteiger partial charge in [0.1, 0.15) is 0 Å². The number of aliphatic carboxylic acids is 1. The number of hydrogen-bond donors (Lipinski definition) is 2. The van der Waals surface area contributed by atoms with Gasteiger partial charge in [0, 0.05) is 29.7 Å². The Morgan fingerprint density at radius 2 is 2.15 bits per heavy atom. The van der Waals surface area contributed by atoms with Crippen molar-refractivity contribution >= 4 is 22.6 Å². The summed E-state index contributed by atoms with van der Waals surface area (Å²) in [4.78, 5) is 15.3. The van der Waals surface area contributed by atoms with Crippen LogP contribution in [-0.2, 0) is 4.79 Å². The maximum Gasteiger partial charge on any atom is 0.303 e. The van der Waals surface area contributed by atoms with Gasteiger partial charge < -0.3 is 10.4 Å². The maximum atomic E-state index is 10.8. The number of pyridine rings is 1. The fraction of sp³-hybridized carbons (Fsp3) is 0.375. The number of aryl methyl sites for hydroxylation is 1. The second-order valence-electron chi connectivity index (χ2n) is 5.08. The molecule has 20 heavy (non-hydrogen) atoms. The number of para-hydroxylation sites is 1. The predicted octanol–water partition coefficient (Wildman–Crippen LogP) is 3.46. The fourth-order valence-corrected chi connectivity index (χ4v) is 2.32. The molecule has 2 aromatic rings. The first-order valence-corrected chi connectivity index (χ1v) is 6.92. The molecule has 0 spiro atoms. The summed E-state index contributed by atoms with van der Waals surface area (Å²) in [6, 6.07) is 9.98. The zero-order valence-corrected chi connectivity index (χ0v) is 11.9. The van der Waals surface area contributed by atoms with Gasteiger partial charge in [0.25, 0.3) is 0 Å². The Hall–Kier alpha value is -2.10. The van der Waals surface area contributed by atoms with Crippen LogP contribution in [0.5, 0.6) is 0 Å². The molecule has 1 aromatic heterocycles. The van der Waals surface area contributed by atoms with Crippen LogP contribution < -0.4 is 5.32 Å². The van der Waals surface area contributed by atoms with E-state index in [1.807, 2.05) is 44.2 Å². The molecular weight excluding hydrogens is 252 g/mol. The molecule has 0 fully saturated rings. The number of carboxylic acid groups (broad SMARTS) is 1. The van der Waals surface area contributed by atoms with Crippen molar-refractivity contribution in [2.24, 2.45) is 5.92 Å². The molecule has 0 bridgehead atoms. The number of fused-ring (bicyclic) bond motifs is 1. The lowest BCUT2D eigenvalue weighted by Gasteiger charge is -2.16. The lowest BCUT2D eigenvalue weighted by molar-refractivity contribution is -0.138. The third-order valence-corrected chi connectivity index (χ3v) is 3.47. The number of nitrogens with one attached hydrogen (secondary N) is 1. The topological polar surface area (TPSA) is 62.2 Å². The van der Waals surface area contributed by atoms with Gasteiger partial charge >= 0.3 is 5.97 Å². The van der Waals surface area contributed by atoms with Crippen LogP contribution in [0, 0.1) is 12.8 Å². The second-order valence-corrected chi connectivity index (χ2v) is 5.08. The first kappa shape index (κ1) is 14.3. The maximum absolute atomic E-state index is 10.8. The predicted molar refractivity (Wildman–Crippen MR) is 81.0 cm³/mol. The summed E-state index contributed by atoms with van der Waals surface area (Å²) < 4.78 is 0. The van der Waals surface area contributed by atoms with Gasteiger partial charge in [-0.15, -0.1) is 0 Å². The molecule has 0 aliphatic carbocycles. The third kappa shape index (κ3) is 3.47. The Kier molecular flexibility index (Phi) is 4.56. The molecule has 2 N–H and O–H groups in total. The molecule has 4 nitrogen and oxygen atoms in total. The average molecular weight is 272 g/mol. The number of aromatic nitrogens is 1. The zero-order chi connectivity index (χ0) is 14.5. The number of hydrogen-bond acceptors (Lipinski definition) is 3. The normalized spacial score (nSPS) is 12.3. The SMILES string of the molecule is CCC(CNc1cc(C)nc2ccccc12)CC(=O)O. The summed E-state index contributed by atoms with van der Waals surface area (Å²) in [7, 11) is 0. The first-order valence-electron chi connectivity index (χ1n) is 6.92. The summed E-state index contributed by atoms with van der Waals surface area (Å²) in [5, 5.41) is 13.3. The monoisotopic (exact) mass is 272 g/mol. The number of carboxylic acids is 1. The van der Waals surface area contributed by atoms with Gasteiger partial charge in [0.15, 0.2) is 0 Å². The number of rotatable bonds is 6. The Bertz CT molecular complexity index is 610. The van der Waals surface area contributed by atoms with E-state index in [0.29, 0.717) is 6.54 Å². The van der Waals surface area contributed by atoms with E-state index >= 15 is 0 Å². The van der Waals surface area contributed by atoms with Crippen molar-refractivity contribution in [1.29, 1.82) is 0 Å². The molecule has 1 atom stereocenters. The molecule has 0 saturated carbocycles. The van der Waals surface area contributed by atoms with Gasteiger partial charge in [0.05, 0.1) is 5.52 Å². The highest BCUT2D eigenvalue weighted by Gasteiger charge is 2.12. The van der Waals surface area contributed by atoms with E-state index < -0.39 is 5.97 Å². The fourth-order valence-electron chi connectivity index (χ4n) is 2.32. The van der Waals surface area contributed by atoms with E-state index in [4.69, 9.17) is 5.11 Å². The van der Waals surface area contributed by atoms with Gasteiger partial charge in [-0.25, -0.2) is 0 Å². The second kappa shape index (κ2) is 6.37. The van der Waals surface area contributed by atoms with Gasteiger partial charge in [0.2, 0.25) is 0 Å². The van der Waals surface area contributed by atoms with Crippen molar-refractivity contribution in [1.82, 2.24) is 4.98 Å². The van der Waals surface area contributed by atoms with Crippen LogP contribution in [0.3, 0.4) is 0 Å². The van der Waals surface area contributed by atoms with Crippen molar-refractivity contribution in [2.45, 2.75) is 26.7 Å². The summed E-state index contributed by atoms with van der Waals surface area (Å²) in [6.07, 6.45) is 1.05. The lowest BCUT2D eigenvalue weighted by atomic mass is 10.0. The number of carbonyl (C=O) groups is 1. The molecule has 1 unspecified atom stereocenters. The smallest absolute Gasteiger partial charge is 0.303 e. The van der Waals surface area contributed by atoms with Crippen LogP contribution in [-0.4, -0.2) is 22.6 Å². The van der Waals surface area contributed by atoms with E-state index in [-0.39, 0.29) is 12.3 Å². The van der Waals surface area contributed by atoms with Crippen molar-refractivity contribution in [3.63, 3.8) is 0 Å². The third-order valence-electron chi connectivity index (χ3n) is 3.47. The van der Waals surface area contributed by atoms with E-state index in [1.54, 1.807) is 0 Å². The Morgan fingerprint density at radius 1 is 1.40 bits per heavy atom. The van der Waals surface area contributed by atoms with E-state index in [1.165, 1.54) is 0 Å². The van der Waals surface area contributed by atoms with Crippen LogP contribution in [0.4, 0.5) is 5.69 Å². The molecule has 106 valence electrons. The highest BCUT2D eigenvalue weighted by molar-refractivity contribution is 5.91. The lowest BCUT2D eigenvalue weighted by Crippen LogP contribution is -2.17. The minimum Gasteiger partial charge on any atom is -0.481 e. The van der Waals surface area contributed by atoms with Crippen LogP contribution >= 0.6 is 0 Å². The minimum atomic E-state index is -0.741. The van der Waals surface area contributed by atoms with Gasteiger partial charge in [-0.1, -0.05) is 31.5 Å². The van der Waals surface area contributed by atoms with Crippen LogP contribution in [0.1, 0.15) is 25.5 Å². The molecule has 1 heterocycles. The Balaban J connectivity index is 2.18. The Labute approximate surface area is 118 Å². The number of anilines is 1. The molecule has 0 aliphatic rings. The van der Waals surface area contributed by atoms with Gasteiger partial charge in [-0.05, 0) is 25.0 Å². The first-order chi connectivity index (χ1) is 9.60. The zero-order valence-electron chi connectivity index (χ0n) is 11.9. The molecule has 2 rings (SSSR count). The van der Waals surface area contributed by atoms with Crippen molar-refractivity contribution in [3.8, 4) is 0 Å². The summed E-state index contributed by atoms with van der Waals surface area (Å²) >= 11 is 0. The average Bonchev–Trinajstić information content (AvgIpc) is 2.42. The number of benzene rings is 1.